The third-order valence-electron chi connectivity index (χ3n) is 5.79. The molecule has 0 aromatic heterocycles. The van der Waals surface area contributed by atoms with Gasteiger partial charge in [0.2, 0.25) is 5.91 Å². The Morgan fingerprint density at radius 2 is 1.86 bits per heavy atom. The number of ether oxygens (including phenoxy) is 1. The molecule has 0 bridgehead atoms. The van der Waals surface area contributed by atoms with Gasteiger partial charge in [-0.1, -0.05) is 18.2 Å². The molecule has 3 N–H and O–H groups in total. The Kier molecular flexibility index (Phi) is 7.52. The molecule has 1 fully saturated rings. The van der Waals surface area contributed by atoms with E-state index >= 15 is 0 Å². The first-order valence-corrected chi connectivity index (χ1v) is 10.4. The lowest BCUT2D eigenvalue weighted by molar-refractivity contribution is -0.125. The highest BCUT2D eigenvalue weighted by molar-refractivity contribution is 5.80. The van der Waals surface area contributed by atoms with Crippen molar-refractivity contribution in [1.82, 2.24) is 10.2 Å². The van der Waals surface area contributed by atoms with Crippen LogP contribution in [0.4, 0.5) is 4.79 Å². The molecule has 7 heteroatoms. The topological polar surface area (TPSA) is 99.1 Å². The van der Waals surface area contributed by atoms with Crippen LogP contribution < -0.4 is 10.1 Å². The predicted molar refractivity (Wildman–Crippen MR) is 110 cm³/mol. The average Bonchev–Trinajstić information content (AvgIpc) is 2.77. The first-order chi connectivity index (χ1) is 14.1. The second kappa shape index (κ2) is 10.3. The minimum absolute atomic E-state index is 0.0135. The Labute approximate surface area is 171 Å². The Morgan fingerprint density at radius 3 is 2.45 bits per heavy atom. The fourth-order valence-corrected chi connectivity index (χ4v) is 3.93. The fraction of sp³-hybridized carbons (Fsp3) is 0.545. The molecule has 1 atom stereocenters. The summed E-state index contributed by atoms with van der Waals surface area (Å²) in [5, 5.41) is 20.6. The second-order valence-electron chi connectivity index (χ2n) is 7.76. The smallest absolute Gasteiger partial charge is 0.407 e. The van der Waals surface area contributed by atoms with E-state index in [2.05, 4.69) is 23.5 Å². The van der Waals surface area contributed by atoms with Gasteiger partial charge in [0.05, 0.1) is 13.2 Å². The number of carbonyl (C=O) groups is 2. The average molecular weight is 402 g/mol. The summed E-state index contributed by atoms with van der Waals surface area (Å²) in [6, 6.07) is 8.06. The van der Waals surface area contributed by atoms with Crippen molar-refractivity contribution >= 4 is 17.6 Å². The van der Waals surface area contributed by atoms with Crippen LogP contribution in [-0.4, -0.2) is 60.0 Å². The highest BCUT2D eigenvalue weighted by Gasteiger charge is 2.23. The van der Waals surface area contributed by atoms with Crippen molar-refractivity contribution in [2.45, 2.75) is 32.1 Å². The number of likely N-dealkylation sites (tertiary alicyclic amines) is 1. The molecule has 1 aliphatic carbocycles. The van der Waals surface area contributed by atoms with Crippen molar-refractivity contribution in [3.63, 3.8) is 0 Å². The van der Waals surface area contributed by atoms with Crippen LogP contribution in [0.2, 0.25) is 0 Å². The van der Waals surface area contributed by atoms with Crippen LogP contribution in [0.15, 0.2) is 30.3 Å². The van der Waals surface area contributed by atoms with E-state index in [9.17, 15) is 9.59 Å². The maximum Gasteiger partial charge on any atom is 0.407 e. The first-order valence-electron chi connectivity index (χ1n) is 10.4. The quantitative estimate of drug-likeness (QED) is 0.651. The summed E-state index contributed by atoms with van der Waals surface area (Å²) in [5.41, 5.74) is 2.41. The number of carbonyl (C=O) groups excluding carboxylic acids is 1. The van der Waals surface area contributed by atoms with Crippen LogP contribution in [-0.2, 0) is 4.79 Å². The molecule has 0 radical (unpaired) electrons. The van der Waals surface area contributed by atoms with Crippen molar-refractivity contribution in [1.29, 1.82) is 0 Å². The third-order valence-corrected chi connectivity index (χ3v) is 5.79. The molecule has 0 saturated carbocycles. The Hall–Kier alpha value is -2.54. The minimum atomic E-state index is -0.839. The van der Waals surface area contributed by atoms with E-state index in [1.807, 2.05) is 12.1 Å². The number of carboxylic acid groups (broad SMARTS) is 1. The molecule has 1 aliphatic heterocycles. The molecule has 1 saturated heterocycles. The number of benzene rings is 1. The van der Waals surface area contributed by atoms with Crippen LogP contribution in [0.25, 0.3) is 5.57 Å². The Morgan fingerprint density at radius 1 is 1.14 bits per heavy atom. The molecular weight excluding hydrogens is 372 g/mol. The van der Waals surface area contributed by atoms with Crippen molar-refractivity contribution in [2.75, 3.05) is 32.8 Å². The molecule has 29 heavy (non-hydrogen) atoms. The third kappa shape index (κ3) is 5.97. The number of aliphatic hydroxyl groups excluding tert-OH is 1. The van der Waals surface area contributed by atoms with Gasteiger partial charge in [-0.3, -0.25) is 4.79 Å². The predicted octanol–water partition coefficient (Wildman–Crippen LogP) is 2.75. The molecule has 2 aliphatic rings. The van der Waals surface area contributed by atoms with Gasteiger partial charge < -0.3 is 25.2 Å². The van der Waals surface area contributed by atoms with Crippen molar-refractivity contribution in [3.05, 3.63) is 35.9 Å². The zero-order valence-electron chi connectivity index (χ0n) is 16.7. The maximum absolute atomic E-state index is 12.0. The molecule has 2 amide bonds. The molecule has 158 valence electrons. The van der Waals surface area contributed by atoms with Gasteiger partial charge in [0.15, 0.2) is 0 Å². The second-order valence-corrected chi connectivity index (χ2v) is 7.76. The Balaban J connectivity index is 1.45. The molecule has 1 heterocycles. The van der Waals surface area contributed by atoms with E-state index in [4.69, 9.17) is 14.9 Å². The van der Waals surface area contributed by atoms with Crippen molar-refractivity contribution in [3.8, 4) is 5.75 Å². The Bertz CT molecular complexity index is 723. The molecule has 1 unspecified atom stereocenters. The lowest BCUT2D eigenvalue weighted by Crippen LogP contribution is -2.38. The van der Waals surface area contributed by atoms with Crippen LogP contribution in [0.1, 0.15) is 37.7 Å². The van der Waals surface area contributed by atoms with Crippen molar-refractivity contribution < 1.29 is 24.5 Å². The summed E-state index contributed by atoms with van der Waals surface area (Å²) >= 11 is 0. The molecular formula is C22H30N2O5. The molecule has 3 rings (SSSR count). The highest BCUT2D eigenvalue weighted by Crippen LogP contribution is 2.31. The van der Waals surface area contributed by atoms with Crippen LogP contribution in [0.3, 0.4) is 0 Å². The number of aliphatic hydroxyl groups is 1. The fourth-order valence-electron chi connectivity index (χ4n) is 3.93. The van der Waals surface area contributed by atoms with Crippen molar-refractivity contribution in [2.24, 2.45) is 11.8 Å². The number of nitrogens with zero attached hydrogens (tertiary/aromatic N) is 1. The number of piperidine rings is 1. The number of rotatable bonds is 7. The van der Waals surface area contributed by atoms with Gasteiger partial charge in [-0.2, -0.15) is 0 Å². The van der Waals surface area contributed by atoms with Gasteiger partial charge in [0, 0.05) is 25.6 Å². The molecule has 1 aromatic rings. The van der Waals surface area contributed by atoms with Crippen LogP contribution >= 0.6 is 0 Å². The maximum atomic E-state index is 12.0. The van der Waals surface area contributed by atoms with E-state index in [0.29, 0.717) is 32.2 Å². The van der Waals surface area contributed by atoms with Gasteiger partial charge in [-0.15, -0.1) is 0 Å². The van der Waals surface area contributed by atoms with Gasteiger partial charge in [0.25, 0.3) is 0 Å². The number of amides is 2. The van der Waals surface area contributed by atoms with Gasteiger partial charge >= 0.3 is 6.09 Å². The van der Waals surface area contributed by atoms with Gasteiger partial charge in [0.1, 0.15) is 5.75 Å². The zero-order chi connectivity index (χ0) is 20.6. The molecule has 7 nitrogen and oxygen atoms in total. The molecule has 0 spiro atoms. The standard InChI is InChI=1S/C22H30N2O5/c25-14-11-23-21(26)19-3-1-17(2-4-19)18-5-7-20(8-6-18)29-15-16-9-12-24(13-10-16)22(27)28/h1,5-8,16,19,25H,2-4,9-15H2,(H,23,26)(H,27,28). The summed E-state index contributed by atoms with van der Waals surface area (Å²) in [5.74, 6) is 1.22. The van der Waals surface area contributed by atoms with Crippen LogP contribution in [0, 0.1) is 11.8 Å². The lowest BCUT2D eigenvalue weighted by Gasteiger charge is -2.29. The summed E-state index contributed by atoms with van der Waals surface area (Å²) in [7, 11) is 0. The number of nitrogens with one attached hydrogen (secondary N) is 1. The highest BCUT2D eigenvalue weighted by atomic mass is 16.5. The largest absolute Gasteiger partial charge is 0.493 e. The van der Waals surface area contributed by atoms with E-state index in [1.165, 1.54) is 10.5 Å². The zero-order valence-corrected chi connectivity index (χ0v) is 16.7. The van der Waals surface area contributed by atoms with E-state index in [-0.39, 0.29) is 18.4 Å². The molecule has 1 aromatic carbocycles. The van der Waals surface area contributed by atoms with E-state index in [1.54, 1.807) is 0 Å². The normalized spacial score (nSPS) is 20.1. The van der Waals surface area contributed by atoms with Gasteiger partial charge in [-0.05, 0) is 61.3 Å². The lowest BCUT2D eigenvalue weighted by atomic mass is 9.86. The van der Waals surface area contributed by atoms with E-state index < -0.39 is 6.09 Å². The summed E-state index contributed by atoms with van der Waals surface area (Å²) < 4.78 is 5.91. The van der Waals surface area contributed by atoms with Gasteiger partial charge in [-0.25, -0.2) is 4.79 Å². The van der Waals surface area contributed by atoms with Crippen LogP contribution in [0.5, 0.6) is 5.75 Å². The van der Waals surface area contributed by atoms with E-state index in [0.717, 1.165) is 43.4 Å². The SMILES string of the molecule is O=C(NCCO)C1CC=C(c2ccc(OCC3CCN(C(=O)O)CC3)cc2)CC1. The number of hydrogen-bond acceptors (Lipinski definition) is 4. The summed E-state index contributed by atoms with van der Waals surface area (Å²) in [4.78, 5) is 24.4. The minimum Gasteiger partial charge on any atom is -0.493 e. The summed E-state index contributed by atoms with van der Waals surface area (Å²) in [6.45, 7) is 2.05. The number of hydrogen-bond donors (Lipinski definition) is 3. The number of allylic oxidation sites excluding steroid dienone is 2. The summed E-state index contributed by atoms with van der Waals surface area (Å²) in [6.07, 6.45) is 5.37. The first kappa shape index (κ1) is 21.2. The monoisotopic (exact) mass is 402 g/mol.